The number of pyridine rings is 1. The van der Waals surface area contributed by atoms with Crippen LogP contribution in [0.5, 0.6) is 0 Å². The molecule has 0 radical (unpaired) electrons. The summed E-state index contributed by atoms with van der Waals surface area (Å²) in [6.45, 7) is 8.17. The Balaban J connectivity index is 1.16. The van der Waals surface area contributed by atoms with E-state index in [1.54, 1.807) is 30.5 Å². The molecule has 1 aromatic heterocycles. The van der Waals surface area contributed by atoms with Gasteiger partial charge in [0.25, 0.3) is 5.91 Å². The fraction of sp³-hybridized carbons (Fsp3) is 0.516. The molecule has 42 heavy (non-hydrogen) atoms. The van der Waals surface area contributed by atoms with Gasteiger partial charge in [-0.1, -0.05) is 6.07 Å². The van der Waals surface area contributed by atoms with Crippen LogP contribution >= 0.6 is 0 Å². The highest BCUT2D eigenvalue weighted by Crippen LogP contribution is 2.39. The monoisotopic (exact) mass is 577 g/mol. The summed E-state index contributed by atoms with van der Waals surface area (Å²) in [7, 11) is 0. The van der Waals surface area contributed by atoms with Crippen molar-refractivity contribution in [2.45, 2.75) is 83.1 Å². The Kier molecular flexibility index (Phi) is 7.03. The van der Waals surface area contributed by atoms with Gasteiger partial charge in [-0.15, -0.1) is 0 Å². The number of hydrogen-bond donors (Lipinski definition) is 1. The van der Waals surface area contributed by atoms with E-state index >= 15 is 4.39 Å². The lowest BCUT2D eigenvalue weighted by molar-refractivity contribution is -0.136. The van der Waals surface area contributed by atoms with Gasteiger partial charge in [0.1, 0.15) is 17.3 Å². The molecule has 0 bridgehead atoms. The first-order chi connectivity index (χ1) is 19.9. The second-order valence-electron chi connectivity index (χ2n) is 12.9. The lowest BCUT2D eigenvalue weighted by Gasteiger charge is -2.57. The molecular formula is C31H36FN5O5. The van der Waals surface area contributed by atoms with Crippen molar-refractivity contribution >= 4 is 23.8 Å². The average molecular weight is 578 g/mol. The van der Waals surface area contributed by atoms with E-state index in [0.29, 0.717) is 48.4 Å². The fourth-order valence-electron chi connectivity index (χ4n) is 6.69. The summed E-state index contributed by atoms with van der Waals surface area (Å²) in [6, 6.07) is 6.06. The molecule has 6 rings (SSSR count). The number of ether oxygens (including phenoxy) is 1. The molecule has 222 valence electrons. The van der Waals surface area contributed by atoms with Crippen LogP contribution in [-0.4, -0.2) is 80.3 Å². The van der Waals surface area contributed by atoms with Crippen molar-refractivity contribution in [3.8, 4) is 11.3 Å². The van der Waals surface area contributed by atoms with Gasteiger partial charge >= 0.3 is 6.09 Å². The molecule has 3 fully saturated rings. The number of carbonyl (C=O) groups excluding carboxylic acids is 4. The van der Waals surface area contributed by atoms with Gasteiger partial charge in [-0.05, 0) is 70.2 Å². The lowest BCUT2D eigenvalue weighted by Crippen LogP contribution is -2.72. The Morgan fingerprint density at radius 3 is 2.69 bits per heavy atom. The van der Waals surface area contributed by atoms with Crippen LogP contribution in [0.25, 0.3) is 11.3 Å². The largest absolute Gasteiger partial charge is 0.444 e. The summed E-state index contributed by atoms with van der Waals surface area (Å²) in [6.07, 6.45) is 4.65. The van der Waals surface area contributed by atoms with Crippen LogP contribution in [0.2, 0.25) is 0 Å². The Morgan fingerprint density at radius 1 is 1.17 bits per heavy atom. The molecule has 0 aliphatic carbocycles. The van der Waals surface area contributed by atoms with E-state index in [4.69, 9.17) is 4.74 Å². The van der Waals surface area contributed by atoms with Gasteiger partial charge in [0.15, 0.2) is 5.82 Å². The highest BCUT2D eigenvalue weighted by atomic mass is 19.1. The van der Waals surface area contributed by atoms with Crippen molar-refractivity contribution in [2.75, 3.05) is 19.6 Å². The molecule has 10 nitrogen and oxygen atoms in total. The highest BCUT2D eigenvalue weighted by Gasteiger charge is 2.51. The first kappa shape index (κ1) is 28.3. The molecule has 1 N–H and O–H groups in total. The predicted octanol–water partition coefficient (Wildman–Crippen LogP) is 3.62. The van der Waals surface area contributed by atoms with Crippen molar-refractivity contribution in [1.29, 1.82) is 0 Å². The smallest absolute Gasteiger partial charge is 0.410 e. The lowest BCUT2D eigenvalue weighted by atomic mass is 9.79. The Hall–Kier alpha value is -3.86. The molecule has 3 saturated heterocycles. The quantitative estimate of drug-likeness (QED) is 0.553. The van der Waals surface area contributed by atoms with Gasteiger partial charge < -0.3 is 9.64 Å². The average Bonchev–Trinajstić information content (AvgIpc) is 3.23. The fourth-order valence-corrected chi connectivity index (χ4v) is 6.69. The second kappa shape index (κ2) is 10.4. The van der Waals surface area contributed by atoms with Crippen LogP contribution < -0.4 is 5.32 Å². The predicted molar refractivity (Wildman–Crippen MR) is 150 cm³/mol. The van der Waals surface area contributed by atoms with E-state index in [2.05, 4.69) is 15.2 Å². The summed E-state index contributed by atoms with van der Waals surface area (Å²) in [5.74, 6) is -1.50. The third kappa shape index (κ3) is 5.14. The molecule has 5 heterocycles. The van der Waals surface area contributed by atoms with E-state index < -0.39 is 23.4 Å². The van der Waals surface area contributed by atoms with Gasteiger partial charge in [-0.2, -0.15) is 0 Å². The minimum Gasteiger partial charge on any atom is -0.444 e. The summed E-state index contributed by atoms with van der Waals surface area (Å²) >= 11 is 0. The van der Waals surface area contributed by atoms with E-state index in [9.17, 15) is 19.2 Å². The van der Waals surface area contributed by atoms with Gasteiger partial charge in [0.2, 0.25) is 11.8 Å². The van der Waals surface area contributed by atoms with Crippen LogP contribution in [-0.2, 0) is 27.4 Å². The van der Waals surface area contributed by atoms with Crippen molar-refractivity contribution in [3.05, 3.63) is 53.0 Å². The van der Waals surface area contributed by atoms with E-state index in [1.165, 1.54) is 4.90 Å². The van der Waals surface area contributed by atoms with E-state index in [0.717, 1.165) is 19.3 Å². The topological polar surface area (TPSA) is 112 Å². The van der Waals surface area contributed by atoms with Crippen molar-refractivity contribution in [2.24, 2.45) is 0 Å². The number of carbonyl (C=O) groups is 4. The number of nitrogens with one attached hydrogen (secondary N) is 1. The standard InChI is InChI=1S/C31H36FN5O5/c1-30(2,3)42-29(41)37-13-5-4-11-31(37)17-35(18-31)15-20-10-12-33-26(25(20)32)19-6-7-22-21(14-19)16-36(28(22)40)23-8-9-24(38)34-27(23)39/h6-7,10,12,14,23H,4-5,8-9,11,13,15-18H2,1-3H3,(H,34,38,39). The molecule has 4 amide bonds. The minimum absolute atomic E-state index is 0.181. The third-order valence-corrected chi connectivity index (χ3v) is 8.66. The second-order valence-corrected chi connectivity index (χ2v) is 12.9. The molecule has 1 atom stereocenters. The zero-order valence-electron chi connectivity index (χ0n) is 24.2. The number of fused-ring (bicyclic) bond motifs is 1. The Bertz CT molecular complexity index is 1460. The molecule has 1 aromatic carbocycles. The molecule has 4 aliphatic heterocycles. The van der Waals surface area contributed by atoms with Crippen LogP contribution in [0, 0.1) is 5.82 Å². The zero-order valence-corrected chi connectivity index (χ0v) is 24.2. The maximum absolute atomic E-state index is 15.9. The summed E-state index contributed by atoms with van der Waals surface area (Å²) < 4.78 is 21.5. The van der Waals surface area contributed by atoms with Crippen LogP contribution in [0.1, 0.15) is 74.4 Å². The number of hydrogen-bond acceptors (Lipinski definition) is 7. The van der Waals surface area contributed by atoms with E-state index in [1.807, 2.05) is 25.7 Å². The van der Waals surface area contributed by atoms with Crippen molar-refractivity contribution in [1.82, 2.24) is 25.0 Å². The van der Waals surface area contributed by atoms with Gasteiger partial charge in [0, 0.05) is 62.0 Å². The molecular weight excluding hydrogens is 541 g/mol. The summed E-state index contributed by atoms with van der Waals surface area (Å²) in [5.41, 5.74) is 1.57. The molecule has 1 unspecified atom stereocenters. The maximum atomic E-state index is 15.9. The van der Waals surface area contributed by atoms with Gasteiger partial charge in [0.05, 0.1) is 5.54 Å². The van der Waals surface area contributed by atoms with Crippen molar-refractivity contribution in [3.63, 3.8) is 0 Å². The number of likely N-dealkylation sites (tertiary alicyclic amines) is 2. The van der Waals surface area contributed by atoms with E-state index in [-0.39, 0.29) is 48.5 Å². The molecule has 1 spiro atoms. The summed E-state index contributed by atoms with van der Waals surface area (Å²) in [5, 5.41) is 2.30. The van der Waals surface area contributed by atoms with Crippen LogP contribution in [0.15, 0.2) is 30.5 Å². The Morgan fingerprint density at radius 2 is 1.95 bits per heavy atom. The number of aromatic nitrogens is 1. The SMILES string of the molecule is CC(C)(C)OC(=O)N1CCCCC12CN(Cc1ccnc(-c3ccc4c(c3)CN(C3CCC(=O)NC3=O)C4=O)c1F)C2. The zero-order chi connectivity index (χ0) is 29.8. The number of rotatable bonds is 4. The first-order valence-corrected chi connectivity index (χ1v) is 14.6. The molecule has 11 heteroatoms. The van der Waals surface area contributed by atoms with Gasteiger partial charge in [-0.25, -0.2) is 9.18 Å². The summed E-state index contributed by atoms with van der Waals surface area (Å²) in [4.78, 5) is 59.7. The number of halogens is 1. The van der Waals surface area contributed by atoms with Crippen molar-refractivity contribution < 1.29 is 28.3 Å². The highest BCUT2D eigenvalue weighted by molar-refractivity contribution is 6.05. The number of imide groups is 1. The number of piperidine rings is 2. The van der Waals surface area contributed by atoms with Crippen LogP contribution in [0.3, 0.4) is 0 Å². The Labute approximate surface area is 244 Å². The minimum atomic E-state index is -0.709. The van der Waals surface area contributed by atoms with Crippen LogP contribution in [0.4, 0.5) is 9.18 Å². The van der Waals surface area contributed by atoms with Gasteiger partial charge in [-0.3, -0.25) is 34.5 Å². The number of nitrogens with zero attached hydrogens (tertiary/aromatic N) is 4. The molecule has 4 aliphatic rings. The third-order valence-electron chi connectivity index (χ3n) is 8.66. The first-order valence-electron chi connectivity index (χ1n) is 14.6. The number of benzene rings is 1. The molecule has 0 saturated carbocycles. The number of amides is 4. The maximum Gasteiger partial charge on any atom is 0.410 e. The normalized spacial score (nSPS) is 22.2. The molecule has 2 aromatic rings.